The van der Waals surface area contributed by atoms with Gasteiger partial charge >= 0.3 is 0 Å². The van der Waals surface area contributed by atoms with Crippen molar-refractivity contribution in [3.8, 4) is 0 Å². The number of amides is 2. The Morgan fingerprint density at radius 1 is 1.00 bits per heavy atom. The zero-order chi connectivity index (χ0) is 14.7. The van der Waals surface area contributed by atoms with Gasteiger partial charge in [-0.1, -0.05) is 24.3 Å². The molecule has 106 valence electrons. The number of carboxylic acids is 1. The molecular weight excluding hydrogens is 270 g/mol. The molecule has 0 radical (unpaired) electrons. The van der Waals surface area contributed by atoms with Crippen molar-refractivity contribution in [3.63, 3.8) is 0 Å². The summed E-state index contributed by atoms with van der Waals surface area (Å²) >= 11 is 0. The van der Waals surface area contributed by atoms with E-state index in [0.717, 1.165) is 6.42 Å². The maximum Gasteiger partial charge on any atom is 0.238 e. The topological polar surface area (TPSA) is 77.5 Å². The highest BCUT2D eigenvalue weighted by molar-refractivity contribution is 6.22. The molecule has 5 heteroatoms. The lowest BCUT2D eigenvalue weighted by molar-refractivity contribution is -0.255. The molecule has 3 aliphatic rings. The Hall–Kier alpha value is -2.43. The van der Waals surface area contributed by atoms with Gasteiger partial charge in [-0.3, -0.25) is 14.5 Å². The number of imide groups is 1. The molecule has 2 amide bonds. The summed E-state index contributed by atoms with van der Waals surface area (Å²) in [6.07, 6.45) is 4.98. The van der Waals surface area contributed by atoms with E-state index in [1.54, 1.807) is 0 Å². The maximum absolute atomic E-state index is 12.5. The number of carbonyl (C=O) groups is 3. The SMILES string of the molecule is O=C([O-])c1ccc(N2C(=O)[C@@H]3[C@H](C2=O)[C@H]2C=C[C@H]3C2)cc1. The van der Waals surface area contributed by atoms with Crippen LogP contribution in [0, 0.1) is 23.7 Å². The predicted octanol–water partition coefficient (Wildman–Crippen LogP) is 0.362. The number of rotatable bonds is 2. The van der Waals surface area contributed by atoms with Crippen molar-refractivity contribution in [1.29, 1.82) is 0 Å². The molecule has 2 aliphatic carbocycles. The third kappa shape index (κ3) is 1.54. The van der Waals surface area contributed by atoms with Crippen LogP contribution in [0.2, 0.25) is 0 Å². The second-order valence-electron chi connectivity index (χ2n) is 5.85. The fourth-order valence-electron chi connectivity index (χ4n) is 3.90. The number of anilines is 1. The van der Waals surface area contributed by atoms with E-state index in [1.807, 2.05) is 12.2 Å². The van der Waals surface area contributed by atoms with Crippen LogP contribution in [0.4, 0.5) is 5.69 Å². The van der Waals surface area contributed by atoms with Gasteiger partial charge < -0.3 is 9.90 Å². The minimum absolute atomic E-state index is 0.0276. The first-order valence-electron chi connectivity index (χ1n) is 6.95. The number of nitrogens with zero attached hydrogens (tertiary/aromatic N) is 1. The molecule has 0 aromatic heterocycles. The number of carboxylic acid groups (broad SMARTS) is 1. The molecule has 2 fully saturated rings. The Kier molecular flexibility index (Phi) is 2.37. The molecule has 1 saturated carbocycles. The van der Waals surface area contributed by atoms with E-state index in [4.69, 9.17) is 0 Å². The van der Waals surface area contributed by atoms with E-state index in [9.17, 15) is 19.5 Å². The summed E-state index contributed by atoms with van der Waals surface area (Å²) in [4.78, 5) is 37.1. The zero-order valence-electron chi connectivity index (χ0n) is 11.1. The summed E-state index contributed by atoms with van der Waals surface area (Å²) in [6, 6.07) is 5.67. The first-order chi connectivity index (χ1) is 10.1. The van der Waals surface area contributed by atoms with Gasteiger partial charge in [0.2, 0.25) is 11.8 Å². The molecule has 1 heterocycles. The standard InChI is InChI=1S/C16H13NO4/c18-14-12-9-1-2-10(7-9)13(12)15(19)17(14)11-5-3-8(4-6-11)16(20)21/h1-6,9-10,12-13H,7H2,(H,20,21)/p-1/t9-,10-,12-,13+/m0/s1. The van der Waals surface area contributed by atoms with E-state index in [-0.39, 0.29) is 41.0 Å². The van der Waals surface area contributed by atoms with Crippen LogP contribution in [0.1, 0.15) is 16.8 Å². The van der Waals surface area contributed by atoms with Crippen molar-refractivity contribution in [1.82, 2.24) is 0 Å². The van der Waals surface area contributed by atoms with Gasteiger partial charge in [0.1, 0.15) is 0 Å². The summed E-state index contributed by atoms with van der Waals surface area (Å²) in [5, 5.41) is 10.7. The monoisotopic (exact) mass is 282 g/mol. The van der Waals surface area contributed by atoms with Crippen molar-refractivity contribution in [3.05, 3.63) is 42.0 Å². The Balaban J connectivity index is 1.69. The smallest absolute Gasteiger partial charge is 0.238 e. The highest BCUT2D eigenvalue weighted by atomic mass is 16.4. The minimum Gasteiger partial charge on any atom is -0.545 e. The van der Waals surface area contributed by atoms with Crippen LogP contribution in [-0.2, 0) is 9.59 Å². The van der Waals surface area contributed by atoms with Gasteiger partial charge in [0.05, 0.1) is 23.5 Å². The number of allylic oxidation sites excluding steroid dienone is 2. The normalized spacial score (nSPS) is 32.9. The Labute approximate surface area is 120 Å². The number of benzene rings is 1. The summed E-state index contributed by atoms with van der Waals surface area (Å²) in [6.45, 7) is 0. The highest BCUT2D eigenvalue weighted by Gasteiger charge is 2.59. The lowest BCUT2D eigenvalue weighted by Gasteiger charge is -2.17. The second kappa shape index (κ2) is 4.04. The molecule has 1 aliphatic heterocycles. The summed E-state index contributed by atoms with van der Waals surface area (Å²) < 4.78 is 0. The zero-order valence-corrected chi connectivity index (χ0v) is 11.1. The van der Waals surface area contributed by atoms with Crippen molar-refractivity contribution < 1.29 is 19.5 Å². The number of aromatic carboxylic acids is 1. The van der Waals surface area contributed by atoms with Crippen LogP contribution in [0.3, 0.4) is 0 Å². The number of hydrogen-bond donors (Lipinski definition) is 0. The third-order valence-electron chi connectivity index (χ3n) is 4.83. The molecule has 0 N–H and O–H groups in total. The highest BCUT2D eigenvalue weighted by Crippen LogP contribution is 2.53. The molecule has 2 bridgehead atoms. The molecule has 21 heavy (non-hydrogen) atoms. The quantitative estimate of drug-likeness (QED) is 0.579. The Bertz CT molecular complexity index is 661. The molecule has 0 unspecified atom stereocenters. The summed E-state index contributed by atoms with van der Waals surface area (Å²) in [7, 11) is 0. The van der Waals surface area contributed by atoms with Crippen molar-refractivity contribution in [2.24, 2.45) is 23.7 Å². The number of fused-ring (bicyclic) bond motifs is 5. The van der Waals surface area contributed by atoms with Gasteiger partial charge in [0.15, 0.2) is 0 Å². The van der Waals surface area contributed by atoms with Gasteiger partial charge in [-0.2, -0.15) is 0 Å². The molecular formula is C16H12NO4-. The van der Waals surface area contributed by atoms with E-state index in [1.165, 1.54) is 29.2 Å². The Morgan fingerprint density at radius 3 is 2.00 bits per heavy atom. The van der Waals surface area contributed by atoms with Gasteiger partial charge in [0, 0.05) is 0 Å². The van der Waals surface area contributed by atoms with Crippen molar-refractivity contribution in [2.75, 3.05) is 4.90 Å². The Morgan fingerprint density at radius 2 is 1.52 bits per heavy atom. The molecule has 0 spiro atoms. The molecule has 1 saturated heterocycles. The first-order valence-corrected chi connectivity index (χ1v) is 6.95. The average Bonchev–Trinajstić information content (AvgIpc) is 3.13. The van der Waals surface area contributed by atoms with Crippen LogP contribution >= 0.6 is 0 Å². The average molecular weight is 282 g/mol. The second-order valence-corrected chi connectivity index (χ2v) is 5.85. The summed E-state index contributed by atoms with van der Waals surface area (Å²) in [5.74, 6) is -1.75. The number of hydrogen-bond acceptors (Lipinski definition) is 4. The fraction of sp³-hybridized carbons (Fsp3) is 0.312. The summed E-state index contributed by atoms with van der Waals surface area (Å²) in [5.41, 5.74) is 0.462. The molecule has 1 aromatic carbocycles. The molecule has 1 aromatic rings. The van der Waals surface area contributed by atoms with E-state index < -0.39 is 5.97 Å². The van der Waals surface area contributed by atoms with E-state index in [2.05, 4.69) is 0 Å². The maximum atomic E-state index is 12.5. The number of carbonyl (C=O) groups excluding carboxylic acids is 3. The van der Waals surface area contributed by atoms with E-state index in [0.29, 0.717) is 5.69 Å². The van der Waals surface area contributed by atoms with Crippen molar-refractivity contribution in [2.45, 2.75) is 6.42 Å². The van der Waals surface area contributed by atoms with Crippen LogP contribution in [-0.4, -0.2) is 17.8 Å². The van der Waals surface area contributed by atoms with Gasteiger partial charge in [-0.05, 0) is 36.0 Å². The third-order valence-corrected chi connectivity index (χ3v) is 4.83. The lowest BCUT2D eigenvalue weighted by Crippen LogP contribution is -2.33. The van der Waals surface area contributed by atoms with Crippen LogP contribution in [0.5, 0.6) is 0 Å². The van der Waals surface area contributed by atoms with Crippen LogP contribution in [0.25, 0.3) is 0 Å². The molecule has 5 nitrogen and oxygen atoms in total. The van der Waals surface area contributed by atoms with Crippen LogP contribution < -0.4 is 10.0 Å². The lowest BCUT2D eigenvalue weighted by atomic mass is 9.85. The van der Waals surface area contributed by atoms with Crippen molar-refractivity contribution >= 4 is 23.5 Å². The van der Waals surface area contributed by atoms with Crippen LogP contribution in [0.15, 0.2) is 36.4 Å². The molecule has 4 atom stereocenters. The van der Waals surface area contributed by atoms with Gasteiger partial charge in [0.25, 0.3) is 0 Å². The van der Waals surface area contributed by atoms with Gasteiger partial charge in [-0.25, -0.2) is 0 Å². The fourth-order valence-corrected chi connectivity index (χ4v) is 3.90. The minimum atomic E-state index is -1.28. The first kappa shape index (κ1) is 12.3. The van der Waals surface area contributed by atoms with Gasteiger partial charge in [-0.15, -0.1) is 0 Å². The molecule has 4 rings (SSSR count). The predicted molar refractivity (Wildman–Crippen MR) is 71.0 cm³/mol. The largest absolute Gasteiger partial charge is 0.545 e. The van der Waals surface area contributed by atoms with E-state index >= 15 is 0 Å².